The van der Waals surface area contributed by atoms with Crippen molar-refractivity contribution in [2.75, 3.05) is 0 Å². The summed E-state index contributed by atoms with van der Waals surface area (Å²) < 4.78 is 41.6. The molecular weight excluding hydrogens is 321 g/mol. The Labute approximate surface area is 136 Å². The maximum Gasteiger partial charge on any atom is 0.262 e. The first-order chi connectivity index (χ1) is 11.4. The van der Waals surface area contributed by atoms with Gasteiger partial charge in [-0.2, -0.15) is 0 Å². The third-order valence-corrected chi connectivity index (χ3v) is 4.08. The average molecular weight is 336 g/mol. The van der Waals surface area contributed by atoms with Crippen LogP contribution in [-0.4, -0.2) is 16.0 Å². The number of aliphatic hydroxyl groups is 1. The lowest BCUT2D eigenvalue weighted by atomic mass is 9.81. The zero-order valence-electron chi connectivity index (χ0n) is 12.6. The minimum atomic E-state index is -2.34. The van der Waals surface area contributed by atoms with Gasteiger partial charge >= 0.3 is 0 Å². The molecule has 2 atom stereocenters. The standard InChI is InChI=1S/C17H15F3N2O2/c18-11-6-10(7-12(19)8-11)9-22-16(24)17(20)4-3-14(23)15-13(17)2-1-5-21-15/h1-2,5-8,14,23H,3-4,9H2,(H,22,24). The van der Waals surface area contributed by atoms with Crippen LogP contribution in [0.1, 0.15) is 35.8 Å². The summed E-state index contributed by atoms with van der Waals surface area (Å²) in [7, 11) is 0. The third kappa shape index (κ3) is 2.99. The highest BCUT2D eigenvalue weighted by Gasteiger charge is 2.46. The minimum absolute atomic E-state index is 0.0201. The van der Waals surface area contributed by atoms with Crippen LogP contribution in [0.5, 0.6) is 0 Å². The van der Waals surface area contributed by atoms with Crippen molar-refractivity contribution < 1.29 is 23.1 Å². The van der Waals surface area contributed by atoms with Gasteiger partial charge in [0.15, 0.2) is 0 Å². The number of alkyl halides is 1. The molecule has 7 heteroatoms. The first kappa shape index (κ1) is 16.4. The van der Waals surface area contributed by atoms with E-state index in [1.165, 1.54) is 18.3 Å². The molecule has 1 heterocycles. The Morgan fingerprint density at radius 1 is 1.33 bits per heavy atom. The van der Waals surface area contributed by atoms with Gasteiger partial charge in [-0.15, -0.1) is 0 Å². The summed E-state index contributed by atoms with van der Waals surface area (Å²) in [5.74, 6) is -2.47. The number of benzene rings is 1. The van der Waals surface area contributed by atoms with Crippen molar-refractivity contribution in [3.8, 4) is 0 Å². The number of halogens is 3. The smallest absolute Gasteiger partial charge is 0.262 e. The Kier molecular flexibility index (Phi) is 4.28. The number of amides is 1. The number of rotatable bonds is 3. The highest BCUT2D eigenvalue weighted by Crippen LogP contribution is 2.42. The molecule has 2 N–H and O–H groups in total. The molecule has 1 aliphatic rings. The maximum absolute atomic E-state index is 15.3. The monoisotopic (exact) mass is 336 g/mol. The summed E-state index contributed by atoms with van der Waals surface area (Å²) in [6.07, 6.45) is 0.357. The van der Waals surface area contributed by atoms with Gasteiger partial charge in [0, 0.05) is 24.4 Å². The van der Waals surface area contributed by atoms with Crippen LogP contribution < -0.4 is 5.32 Å². The summed E-state index contributed by atoms with van der Waals surface area (Å²) in [6, 6.07) is 5.74. The first-order valence-corrected chi connectivity index (χ1v) is 7.46. The second-order valence-electron chi connectivity index (χ2n) is 5.75. The highest BCUT2D eigenvalue weighted by atomic mass is 19.1. The van der Waals surface area contributed by atoms with E-state index in [1.807, 2.05) is 0 Å². The number of pyridine rings is 1. The number of hydrogen-bond acceptors (Lipinski definition) is 3. The fraction of sp³-hybridized carbons (Fsp3) is 0.294. The van der Waals surface area contributed by atoms with Crippen molar-refractivity contribution in [1.29, 1.82) is 0 Å². The predicted octanol–water partition coefficient (Wildman–Crippen LogP) is 2.67. The van der Waals surface area contributed by atoms with Gasteiger partial charge in [0.25, 0.3) is 5.91 Å². The highest BCUT2D eigenvalue weighted by molar-refractivity contribution is 5.87. The van der Waals surface area contributed by atoms with E-state index >= 15 is 4.39 Å². The molecule has 0 aliphatic heterocycles. The molecule has 1 aliphatic carbocycles. The minimum Gasteiger partial charge on any atom is -0.387 e. The molecule has 126 valence electrons. The molecule has 24 heavy (non-hydrogen) atoms. The lowest BCUT2D eigenvalue weighted by molar-refractivity contribution is -0.135. The summed E-state index contributed by atoms with van der Waals surface area (Å²) in [6.45, 7) is -0.211. The van der Waals surface area contributed by atoms with E-state index in [-0.39, 0.29) is 36.2 Å². The second-order valence-corrected chi connectivity index (χ2v) is 5.75. The average Bonchev–Trinajstić information content (AvgIpc) is 2.55. The Morgan fingerprint density at radius 2 is 2.04 bits per heavy atom. The molecule has 0 bridgehead atoms. The molecule has 2 aromatic rings. The van der Waals surface area contributed by atoms with Crippen molar-refractivity contribution >= 4 is 5.91 Å². The molecule has 0 fully saturated rings. The lowest BCUT2D eigenvalue weighted by Crippen LogP contribution is -2.44. The van der Waals surface area contributed by atoms with E-state index in [0.717, 1.165) is 12.1 Å². The van der Waals surface area contributed by atoms with E-state index in [4.69, 9.17) is 0 Å². The Bertz CT molecular complexity index is 764. The fourth-order valence-corrected chi connectivity index (χ4v) is 2.90. The third-order valence-electron chi connectivity index (χ3n) is 4.08. The molecule has 1 aromatic carbocycles. The largest absolute Gasteiger partial charge is 0.387 e. The van der Waals surface area contributed by atoms with E-state index in [9.17, 15) is 18.7 Å². The number of fused-ring (bicyclic) bond motifs is 1. The molecule has 4 nitrogen and oxygen atoms in total. The molecule has 0 saturated carbocycles. The van der Waals surface area contributed by atoms with Crippen LogP contribution in [-0.2, 0) is 17.0 Å². The van der Waals surface area contributed by atoms with Gasteiger partial charge in [0.05, 0.1) is 11.8 Å². The predicted molar refractivity (Wildman–Crippen MR) is 79.4 cm³/mol. The zero-order chi connectivity index (χ0) is 17.3. The second kappa shape index (κ2) is 6.24. The molecule has 1 amide bonds. The molecule has 1 aromatic heterocycles. The van der Waals surface area contributed by atoms with Crippen LogP contribution in [0, 0.1) is 11.6 Å². The van der Waals surface area contributed by atoms with Crippen molar-refractivity contribution in [2.24, 2.45) is 0 Å². The molecule has 0 radical (unpaired) electrons. The molecule has 3 rings (SSSR count). The first-order valence-electron chi connectivity index (χ1n) is 7.46. The van der Waals surface area contributed by atoms with Gasteiger partial charge in [-0.3, -0.25) is 9.78 Å². The van der Waals surface area contributed by atoms with Crippen LogP contribution in [0.15, 0.2) is 36.5 Å². The Balaban J connectivity index is 1.81. The van der Waals surface area contributed by atoms with Gasteiger partial charge in [-0.1, -0.05) is 6.07 Å². The van der Waals surface area contributed by atoms with Gasteiger partial charge in [0.2, 0.25) is 5.67 Å². The van der Waals surface area contributed by atoms with Crippen LogP contribution >= 0.6 is 0 Å². The van der Waals surface area contributed by atoms with E-state index in [0.29, 0.717) is 6.07 Å². The summed E-state index contributed by atoms with van der Waals surface area (Å²) >= 11 is 0. The number of carbonyl (C=O) groups excluding carboxylic acids is 1. The van der Waals surface area contributed by atoms with Crippen molar-refractivity contribution in [3.05, 3.63) is 65.0 Å². The summed E-state index contributed by atoms with van der Waals surface area (Å²) in [4.78, 5) is 16.3. The van der Waals surface area contributed by atoms with Crippen LogP contribution in [0.3, 0.4) is 0 Å². The van der Waals surface area contributed by atoms with Crippen molar-refractivity contribution in [2.45, 2.75) is 31.2 Å². The number of aliphatic hydroxyl groups excluding tert-OH is 1. The van der Waals surface area contributed by atoms with E-state index < -0.39 is 29.3 Å². The van der Waals surface area contributed by atoms with Gasteiger partial charge in [-0.05, 0) is 36.6 Å². The molecule has 2 unspecified atom stereocenters. The van der Waals surface area contributed by atoms with Crippen LogP contribution in [0.4, 0.5) is 13.2 Å². The number of nitrogens with zero attached hydrogens (tertiary/aromatic N) is 1. The Morgan fingerprint density at radius 3 is 2.75 bits per heavy atom. The molecule has 0 spiro atoms. The molecular formula is C17H15F3N2O2. The topological polar surface area (TPSA) is 62.2 Å². The van der Waals surface area contributed by atoms with Gasteiger partial charge in [-0.25, -0.2) is 13.2 Å². The SMILES string of the molecule is O=C(NCc1cc(F)cc(F)c1)C1(F)CCC(O)c2ncccc21. The van der Waals surface area contributed by atoms with E-state index in [1.54, 1.807) is 0 Å². The maximum atomic E-state index is 15.3. The number of nitrogens with one attached hydrogen (secondary N) is 1. The summed E-state index contributed by atoms with van der Waals surface area (Å²) in [5.41, 5.74) is -1.99. The lowest BCUT2D eigenvalue weighted by Gasteiger charge is -2.32. The van der Waals surface area contributed by atoms with Crippen molar-refractivity contribution in [1.82, 2.24) is 10.3 Å². The number of hydrogen-bond donors (Lipinski definition) is 2. The van der Waals surface area contributed by atoms with Gasteiger partial charge < -0.3 is 10.4 Å². The normalized spacial score (nSPS) is 22.8. The zero-order valence-corrected chi connectivity index (χ0v) is 12.6. The Hall–Kier alpha value is -2.41. The van der Waals surface area contributed by atoms with E-state index in [2.05, 4.69) is 10.3 Å². The molecule has 0 saturated heterocycles. The number of aromatic nitrogens is 1. The van der Waals surface area contributed by atoms with Crippen LogP contribution in [0.2, 0.25) is 0 Å². The number of carbonyl (C=O) groups is 1. The van der Waals surface area contributed by atoms with Crippen molar-refractivity contribution in [3.63, 3.8) is 0 Å². The van der Waals surface area contributed by atoms with Gasteiger partial charge in [0.1, 0.15) is 11.6 Å². The quantitative estimate of drug-likeness (QED) is 0.906. The van der Waals surface area contributed by atoms with Crippen LogP contribution in [0.25, 0.3) is 0 Å². The summed E-state index contributed by atoms with van der Waals surface area (Å²) in [5, 5.41) is 12.3. The fourth-order valence-electron chi connectivity index (χ4n) is 2.90.